The first-order valence-corrected chi connectivity index (χ1v) is 7.37. The van der Waals surface area contributed by atoms with Crippen LogP contribution in [0.4, 0.5) is 4.39 Å². The van der Waals surface area contributed by atoms with E-state index in [0.29, 0.717) is 17.1 Å². The second kappa shape index (κ2) is 6.57. The average Bonchev–Trinajstić information content (AvgIpc) is 3.00. The predicted molar refractivity (Wildman–Crippen MR) is 85.7 cm³/mol. The number of aromatic nitrogens is 4. The molecule has 6 nitrogen and oxygen atoms in total. The predicted octanol–water partition coefficient (Wildman–Crippen LogP) is 2.18. The summed E-state index contributed by atoms with van der Waals surface area (Å²) in [5.74, 6) is -0.340. The number of hydrogen-bond donors (Lipinski definition) is 1. The van der Waals surface area contributed by atoms with E-state index in [2.05, 4.69) is 20.3 Å². The minimum Gasteiger partial charge on any atom is -0.336 e. The van der Waals surface area contributed by atoms with Crippen LogP contribution in [-0.2, 0) is 7.05 Å². The lowest BCUT2D eigenvalue weighted by atomic mass is 10.1. The number of hydrogen-bond acceptors (Lipinski definition) is 4. The molecule has 24 heavy (non-hydrogen) atoms. The maximum Gasteiger partial charge on any atom is 0.272 e. The largest absolute Gasteiger partial charge is 0.336 e. The molecule has 122 valence electrons. The zero-order valence-electron chi connectivity index (χ0n) is 13.3. The molecule has 0 fully saturated rings. The van der Waals surface area contributed by atoms with Crippen molar-refractivity contribution in [1.29, 1.82) is 0 Å². The van der Waals surface area contributed by atoms with E-state index in [0.717, 1.165) is 0 Å². The quantitative estimate of drug-likeness (QED) is 0.798. The molecule has 0 saturated carbocycles. The number of nitrogens with zero attached hydrogens (tertiary/aromatic N) is 4. The summed E-state index contributed by atoms with van der Waals surface area (Å²) in [5.41, 5.74) is 1.21. The van der Waals surface area contributed by atoms with Crippen molar-refractivity contribution in [3.05, 3.63) is 77.6 Å². The van der Waals surface area contributed by atoms with Gasteiger partial charge < -0.3 is 9.88 Å². The van der Waals surface area contributed by atoms with Crippen LogP contribution in [0.2, 0.25) is 0 Å². The molecule has 0 radical (unpaired) electrons. The summed E-state index contributed by atoms with van der Waals surface area (Å²) in [4.78, 5) is 24.8. The van der Waals surface area contributed by atoms with Gasteiger partial charge in [0, 0.05) is 31.2 Å². The normalized spacial score (nSPS) is 12.0. The van der Waals surface area contributed by atoms with Crippen molar-refractivity contribution in [2.75, 3.05) is 0 Å². The van der Waals surface area contributed by atoms with E-state index in [9.17, 15) is 9.18 Å². The minimum atomic E-state index is -0.734. The van der Waals surface area contributed by atoms with Gasteiger partial charge in [-0.15, -0.1) is 0 Å². The standard InChI is InChI=1S/C17H16FN5O/c1-11-9-21-14(10-20-11)17(24)22-15(16-19-7-8-23(16)2)12-5-3-4-6-13(12)18/h3-10,15H,1-2H3,(H,22,24)/t15-/m1/s1. The Hall–Kier alpha value is -3.09. The fraction of sp³-hybridized carbons (Fsp3) is 0.176. The maximum atomic E-state index is 14.3. The van der Waals surface area contributed by atoms with Gasteiger partial charge in [0.2, 0.25) is 0 Å². The molecule has 1 amide bonds. The molecule has 0 bridgehead atoms. The van der Waals surface area contributed by atoms with Crippen molar-refractivity contribution in [3.63, 3.8) is 0 Å². The van der Waals surface area contributed by atoms with Crippen molar-refractivity contribution in [2.24, 2.45) is 7.05 Å². The van der Waals surface area contributed by atoms with E-state index in [-0.39, 0.29) is 5.69 Å². The number of carbonyl (C=O) groups excluding carboxylic acids is 1. The fourth-order valence-electron chi connectivity index (χ4n) is 2.36. The number of imidazole rings is 1. The first kappa shape index (κ1) is 15.8. The van der Waals surface area contributed by atoms with Gasteiger partial charge in [0.05, 0.1) is 11.9 Å². The molecule has 0 aliphatic rings. The second-order valence-corrected chi connectivity index (χ2v) is 5.37. The number of amides is 1. The van der Waals surface area contributed by atoms with Crippen LogP contribution >= 0.6 is 0 Å². The second-order valence-electron chi connectivity index (χ2n) is 5.37. The zero-order valence-corrected chi connectivity index (χ0v) is 13.3. The van der Waals surface area contributed by atoms with Gasteiger partial charge in [0.1, 0.15) is 23.4 Å². The van der Waals surface area contributed by atoms with Gasteiger partial charge in [0.15, 0.2) is 0 Å². The number of benzene rings is 1. The number of carbonyl (C=O) groups is 1. The molecule has 0 unspecified atom stereocenters. The first-order valence-electron chi connectivity index (χ1n) is 7.37. The Labute approximate surface area is 138 Å². The van der Waals surface area contributed by atoms with E-state index in [1.165, 1.54) is 18.5 Å². The van der Waals surface area contributed by atoms with E-state index in [1.54, 1.807) is 49.1 Å². The van der Waals surface area contributed by atoms with Crippen LogP contribution in [0.15, 0.2) is 49.1 Å². The van der Waals surface area contributed by atoms with E-state index in [4.69, 9.17) is 0 Å². The van der Waals surface area contributed by atoms with Gasteiger partial charge in [-0.25, -0.2) is 14.4 Å². The fourth-order valence-corrected chi connectivity index (χ4v) is 2.36. The molecule has 0 aliphatic carbocycles. The van der Waals surface area contributed by atoms with Crippen molar-refractivity contribution in [2.45, 2.75) is 13.0 Å². The SMILES string of the molecule is Cc1cnc(C(=O)N[C@H](c2ccccc2F)c2nccn2C)cn1. The van der Waals surface area contributed by atoms with Crippen molar-refractivity contribution in [1.82, 2.24) is 24.8 Å². The van der Waals surface area contributed by atoms with Crippen LogP contribution in [0.5, 0.6) is 0 Å². The van der Waals surface area contributed by atoms with Crippen LogP contribution in [0.1, 0.15) is 33.6 Å². The van der Waals surface area contributed by atoms with Crippen molar-refractivity contribution in [3.8, 4) is 0 Å². The lowest BCUT2D eigenvalue weighted by molar-refractivity contribution is 0.0935. The Morgan fingerprint density at radius 3 is 2.62 bits per heavy atom. The van der Waals surface area contributed by atoms with Crippen LogP contribution in [0.3, 0.4) is 0 Å². The van der Waals surface area contributed by atoms with Gasteiger partial charge in [-0.3, -0.25) is 9.78 Å². The summed E-state index contributed by atoms with van der Waals surface area (Å²) in [6, 6.07) is 5.55. The van der Waals surface area contributed by atoms with Crippen LogP contribution < -0.4 is 5.32 Å². The Morgan fingerprint density at radius 1 is 1.21 bits per heavy atom. The molecule has 3 aromatic rings. The van der Waals surface area contributed by atoms with E-state index >= 15 is 0 Å². The van der Waals surface area contributed by atoms with Gasteiger partial charge in [-0.2, -0.15) is 0 Å². The Kier molecular flexibility index (Phi) is 4.33. The topological polar surface area (TPSA) is 72.7 Å². The maximum absolute atomic E-state index is 14.3. The van der Waals surface area contributed by atoms with Crippen LogP contribution in [0.25, 0.3) is 0 Å². The third-order valence-corrected chi connectivity index (χ3v) is 3.62. The van der Waals surface area contributed by atoms with E-state index < -0.39 is 17.8 Å². The lowest BCUT2D eigenvalue weighted by Crippen LogP contribution is -2.32. The van der Waals surface area contributed by atoms with Crippen molar-refractivity contribution >= 4 is 5.91 Å². The lowest BCUT2D eigenvalue weighted by Gasteiger charge is -2.19. The molecule has 1 atom stereocenters. The van der Waals surface area contributed by atoms with E-state index in [1.807, 2.05) is 0 Å². The number of nitrogens with one attached hydrogen (secondary N) is 1. The third kappa shape index (κ3) is 3.15. The minimum absolute atomic E-state index is 0.163. The number of rotatable bonds is 4. The smallest absolute Gasteiger partial charge is 0.272 e. The number of aryl methyl sites for hydroxylation is 2. The molecule has 7 heteroatoms. The molecule has 2 heterocycles. The summed E-state index contributed by atoms with van der Waals surface area (Å²) >= 11 is 0. The molecule has 0 aliphatic heterocycles. The monoisotopic (exact) mass is 325 g/mol. The van der Waals surface area contributed by atoms with Gasteiger partial charge >= 0.3 is 0 Å². The summed E-state index contributed by atoms with van der Waals surface area (Å²) in [5, 5.41) is 2.79. The van der Waals surface area contributed by atoms with Crippen LogP contribution in [0, 0.1) is 12.7 Å². The molecular weight excluding hydrogens is 309 g/mol. The molecule has 0 spiro atoms. The van der Waals surface area contributed by atoms with Gasteiger partial charge in [-0.1, -0.05) is 18.2 Å². The highest BCUT2D eigenvalue weighted by Crippen LogP contribution is 2.23. The molecule has 3 rings (SSSR count). The molecular formula is C17H16FN5O. The first-order chi connectivity index (χ1) is 11.6. The number of halogens is 1. The molecule has 0 saturated heterocycles. The third-order valence-electron chi connectivity index (χ3n) is 3.62. The summed E-state index contributed by atoms with van der Waals surface area (Å²) < 4.78 is 16.0. The van der Waals surface area contributed by atoms with Gasteiger partial charge in [0.25, 0.3) is 5.91 Å². The highest BCUT2D eigenvalue weighted by molar-refractivity contribution is 5.92. The highest BCUT2D eigenvalue weighted by atomic mass is 19.1. The van der Waals surface area contributed by atoms with Crippen LogP contribution in [-0.4, -0.2) is 25.4 Å². The van der Waals surface area contributed by atoms with Gasteiger partial charge in [-0.05, 0) is 13.0 Å². The Bertz CT molecular complexity index is 859. The Balaban J connectivity index is 1.97. The van der Waals surface area contributed by atoms with Crippen molar-refractivity contribution < 1.29 is 9.18 Å². The summed E-state index contributed by atoms with van der Waals surface area (Å²) in [6.07, 6.45) is 6.23. The highest BCUT2D eigenvalue weighted by Gasteiger charge is 2.24. The molecule has 1 aromatic carbocycles. The summed E-state index contributed by atoms with van der Waals surface area (Å²) in [6.45, 7) is 1.78. The zero-order chi connectivity index (χ0) is 17.1. The molecule has 2 aromatic heterocycles. The average molecular weight is 325 g/mol. The molecule has 1 N–H and O–H groups in total. The Morgan fingerprint density at radius 2 is 2.00 bits per heavy atom. The summed E-state index contributed by atoms with van der Waals surface area (Å²) in [7, 11) is 1.79.